The molecule has 1 aromatic carbocycles. The first-order valence-corrected chi connectivity index (χ1v) is 6.25. The van der Waals surface area contributed by atoms with E-state index in [2.05, 4.69) is 26.2 Å². The Morgan fingerprint density at radius 3 is 2.60 bits per heavy atom. The zero-order valence-corrected chi connectivity index (χ0v) is 11.5. The first kappa shape index (κ1) is 14.5. The summed E-state index contributed by atoms with van der Waals surface area (Å²) in [7, 11) is 0. The zero-order valence-electron chi connectivity index (χ0n) is 9.91. The van der Waals surface area contributed by atoms with Gasteiger partial charge in [-0.1, -0.05) is 15.9 Å². The normalized spacial score (nSPS) is 11.2. The Hall–Kier alpha value is -1.89. The van der Waals surface area contributed by atoms with Gasteiger partial charge in [-0.3, -0.25) is 9.78 Å². The maximum atomic E-state index is 12.9. The summed E-state index contributed by atoms with van der Waals surface area (Å²) in [4.78, 5) is 15.7. The highest BCUT2D eigenvalue weighted by Gasteiger charge is 2.35. The number of nitrogens with one attached hydrogen (secondary N) is 1. The fourth-order valence-electron chi connectivity index (χ4n) is 1.58. The molecule has 20 heavy (non-hydrogen) atoms. The summed E-state index contributed by atoms with van der Waals surface area (Å²) in [6.45, 7) is 0. The topological polar surface area (TPSA) is 42.0 Å². The molecule has 1 amide bonds. The molecule has 0 radical (unpaired) electrons. The van der Waals surface area contributed by atoms with E-state index in [-0.39, 0.29) is 4.47 Å². The van der Waals surface area contributed by atoms with Crippen LogP contribution in [0.15, 0.2) is 47.2 Å². The van der Waals surface area contributed by atoms with Crippen LogP contribution in [-0.2, 0) is 6.18 Å². The molecule has 0 aliphatic rings. The summed E-state index contributed by atoms with van der Waals surface area (Å²) < 4.78 is 39.0. The van der Waals surface area contributed by atoms with Crippen molar-refractivity contribution < 1.29 is 18.0 Å². The van der Waals surface area contributed by atoms with E-state index < -0.39 is 23.2 Å². The Morgan fingerprint density at radius 2 is 2.00 bits per heavy atom. The number of nitrogens with zero attached hydrogens (tertiary/aromatic N) is 1. The van der Waals surface area contributed by atoms with Gasteiger partial charge in [0.25, 0.3) is 5.91 Å². The van der Waals surface area contributed by atoms with Gasteiger partial charge in [-0.25, -0.2) is 0 Å². The highest BCUT2D eigenvalue weighted by molar-refractivity contribution is 9.10. The number of carbonyl (C=O) groups is 1. The van der Waals surface area contributed by atoms with Gasteiger partial charge in [0.1, 0.15) is 0 Å². The van der Waals surface area contributed by atoms with E-state index in [1.807, 2.05) is 0 Å². The van der Waals surface area contributed by atoms with Crippen molar-refractivity contribution in [2.45, 2.75) is 6.18 Å². The third kappa shape index (κ3) is 3.36. The molecule has 104 valence electrons. The van der Waals surface area contributed by atoms with Crippen molar-refractivity contribution in [2.24, 2.45) is 0 Å². The van der Waals surface area contributed by atoms with Crippen LogP contribution in [0, 0.1) is 0 Å². The summed E-state index contributed by atoms with van der Waals surface area (Å²) in [6, 6.07) is 6.49. The molecule has 1 heterocycles. The quantitative estimate of drug-likeness (QED) is 0.890. The molecule has 0 fully saturated rings. The first-order chi connectivity index (χ1) is 9.38. The number of anilines is 1. The van der Waals surface area contributed by atoms with Crippen molar-refractivity contribution >= 4 is 27.5 Å². The fourth-order valence-corrected chi connectivity index (χ4v) is 1.95. The molecule has 3 nitrogen and oxygen atoms in total. The molecular formula is C13H8BrF3N2O. The second-order valence-corrected chi connectivity index (χ2v) is 4.80. The van der Waals surface area contributed by atoms with Crippen LogP contribution in [0.5, 0.6) is 0 Å². The summed E-state index contributed by atoms with van der Waals surface area (Å²) in [5, 5.41) is 2.37. The number of carbonyl (C=O) groups excluding carboxylic acids is 1. The largest absolute Gasteiger partial charge is 0.417 e. The smallest absolute Gasteiger partial charge is 0.321 e. The summed E-state index contributed by atoms with van der Waals surface area (Å²) in [6.07, 6.45) is -1.76. The van der Waals surface area contributed by atoms with Gasteiger partial charge in [0, 0.05) is 10.7 Å². The lowest BCUT2D eigenvalue weighted by Gasteiger charge is -2.13. The number of hydrogen-bond acceptors (Lipinski definition) is 2. The lowest BCUT2D eigenvalue weighted by Crippen LogP contribution is -2.18. The molecule has 1 aromatic heterocycles. The van der Waals surface area contributed by atoms with Gasteiger partial charge >= 0.3 is 6.18 Å². The van der Waals surface area contributed by atoms with Gasteiger partial charge < -0.3 is 5.32 Å². The van der Waals surface area contributed by atoms with Gasteiger partial charge in [-0.15, -0.1) is 0 Å². The second kappa shape index (κ2) is 5.62. The number of rotatable bonds is 2. The Labute approximate surface area is 121 Å². The Morgan fingerprint density at radius 1 is 1.25 bits per heavy atom. The van der Waals surface area contributed by atoms with Crippen LogP contribution < -0.4 is 5.32 Å². The molecule has 0 bridgehead atoms. The van der Waals surface area contributed by atoms with Crippen LogP contribution in [-0.4, -0.2) is 10.9 Å². The minimum atomic E-state index is -4.61. The van der Waals surface area contributed by atoms with Gasteiger partial charge in [0.2, 0.25) is 0 Å². The van der Waals surface area contributed by atoms with Gasteiger partial charge in [0.05, 0.1) is 23.0 Å². The number of hydrogen-bond donors (Lipinski definition) is 1. The first-order valence-electron chi connectivity index (χ1n) is 5.46. The molecular weight excluding hydrogens is 337 g/mol. The molecule has 0 aliphatic carbocycles. The molecule has 0 atom stereocenters. The van der Waals surface area contributed by atoms with E-state index >= 15 is 0 Å². The number of halogens is 4. The molecule has 0 aliphatic heterocycles. The summed E-state index contributed by atoms with van der Waals surface area (Å²) in [5.74, 6) is -0.835. The molecule has 1 N–H and O–H groups in total. The third-order valence-electron chi connectivity index (χ3n) is 2.45. The van der Waals surface area contributed by atoms with E-state index in [9.17, 15) is 18.0 Å². The van der Waals surface area contributed by atoms with Crippen LogP contribution >= 0.6 is 15.9 Å². The van der Waals surface area contributed by atoms with Crippen molar-refractivity contribution in [1.29, 1.82) is 0 Å². The Kier molecular flexibility index (Phi) is 4.08. The number of pyridine rings is 1. The molecule has 0 saturated carbocycles. The zero-order chi connectivity index (χ0) is 14.8. The standard InChI is InChI=1S/C13H8BrF3N2O/c14-8-3-4-10(11(6-8)13(15,16)17)12(20)19-9-2-1-5-18-7-9/h1-7H,(H,19,20). The van der Waals surface area contributed by atoms with Gasteiger partial charge in [0.15, 0.2) is 0 Å². The lowest BCUT2D eigenvalue weighted by molar-refractivity contribution is -0.137. The van der Waals surface area contributed by atoms with E-state index in [1.165, 1.54) is 24.5 Å². The van der Waals surface area contributed by atoms with Crippen LogP contribution in [0.25, 0.3) is 0 Å². The van der Waals surface area contributed by atoms with Crippen molar-refractivity contribution in [3.8, 4) is 0 Å². The average molecular weight is 345 g/mol. The molecule has 7 heteroatoms. The van der Waals surface area contributed by atoms with Gasteiger partial charge in [-0.05, 0) is 30.3 Å². The maximum Gasteiger partial charge on any atom is 0.417 e. The fraction of sp³-hybridized carbons (Fsp3) is 0.0769. The predicted molar refractivity (Wildman–Crippen MR) is 71.3 cm³/mol. The molecule has 2 aromatic rings. The van der Waals surface area contributed by atoms with Crippen LogP contribution in [0.1, 0.15) is 15.9 Å². The minimum Gasteiger partial charge on any atom is -0.321 e. The monoisotopic (exact) mass is 344 g/mol. The molecule has 2 rings (SSSR count). The lowest BCUT2D eigenvalue weighted by atomic mass is 10.1. The third-order valence-corrected chi connectivity index (χ3v) is 2.94. The second-order valence-electron chi connectivity index (χ2n) is 3.88. The van der Waals surface area contributed by atoms with Crippen molar-refractivity contribution in [3.63, 3.8) is 0 Å². The number of amides is 1. The highest BCUT2D eigenvalue weighted by atomic mass is 79.9. The van der Waals surface area contributed by atoms with E-state index in [0.717, 1.165) is 12.1 Å². The maximum absolute atomic E-state index is 12.9. The van der Waals surface area contributed by atoms with Crippen LogP contribution in [0.2, 0.25) is 0 Å². The van der Waals surface area contributed by atoms with E-state index in [0.29, 0.717) is 5.69 Å². The van der Waals surface area contributed by atoms with Crippen molar-refractivity contribution in [1.82, 2.24) is 4.98 Å². The summed E-state index contributed by atoms with van der Waals surface area (Å²) in [5.41, 5.74) is -1.11. The minimum absolute atomic E-state index is 0.253. The van der Waals surface area contributed by atoms with Crippen LogP contribution in [0.4, 0.5) is 18.9 Å². The SMILES string of the molecule is O=C(Nc1cccnc1)c1ccc(Br)cc1C(F)(F)F. The predicted octanol–water partition coefficient (Wildman–Crippen LogP) is 4.12. The molecule has 0 unspecified atom stereocenters. The summed E-state index contributed by atoms with van der Waals surface area (Å²) >= 11 is 2.96. The number of benzene rings is 1. The highest BCUT2D eigenvalue weighted by Crippen LogP contribution is 2.34. The van der Waals surface area contributed by atoms with Gasteiger partial charge in [-0.2, -0.15) is 13.2 Å². The molecule has 0 saturated heterocycles. The Balaban J connectivity index is 2.35. The number of aromatic nitrogens is 1. The average Bonchev–Trinajstić information content (AvgIpc) is 2.38. The van der Waals surface area contributed by atoms with E-state index in [1.54, 1.807) is 6.07 Å². The van der Waals surface area contributed by atoms with E-state index in [4.69, 9.17) is 0 Å². The van der Waals surface area contributed by atoms with Crippen molar-refractivity contribution in [3.05, 3.63) is 58.3 Å². The Bertz CT molecular complexity index is 629. The molecule has 0 spiro atoms. The van der Waals surface area contributed by atoms with Crippen LogP contribution in [0.3, 0.4) is 0 Å². The van der Waals surface area contributed by atoms with Crippen molar-refractivity contribution in [2.75, 3.05) is 5.32 Å². The number of alkyl halides is 3.